The van der Waals surface area contributed by atoms with Gasteiger partial charge < -0.3 is 4.74 Å². The standard InChI is InChI=1S/C8H15NO4S/c1-13-7(10)8(3-4-8)9-5-2-6-14(9,11)12/h11-12H,2-6H2,1H3. The summed E-state index contributed by atoms with van der Waals surface area (Å²) in [6.07, 6.45) is 2.09. The van der Waals surface area contributed by atoms with Crippen molar-refractivity contribution < 1.29 is 18.6 Å². The van der Waals surface area contributed by atoms with Crippen molar-refractivity contribution in [3.8, 4) is 0 Å². The Bertz CT molecular complexity index is 264. The van der Waals surface area contributed by atoms with Gasteiger partial charge in [0.05, 0.1) is 12.9 Å². The molecule has 2 aliphatic rings. The number of hydrogen-bond acceptors (Lipinski definition) is 5. The number of nitrogens with zero attached hydrogens (tertiary/aromatic N) is 1. The van der Waals surface area contributed by atoms with E-state index in [1.165, 1.54) is 7.11 Å². The van der Waals surface area contributed by atoms with Crippen molar-refractivity contribution in [2.75, 3.05) is 19.4 Å². The molecular weight excluding hydrogens is 206 g/mol. The van der Waals surface area contributed by atoms with E-state index in [-0.39, 0.29) is 5.97 Å². The third-order valence-corrected chi connectivity index (χ3v) is 4.97. The summed E-state index contributed by atoms with van der Waals surface area (Å²) in [4.78, 5) is 11.5. The van der Waals surface area contributed by atoms with Crippen molar-refractivity contribution in [1.82, 2.24) is 4.31 Å². The zero-order chi connectivity index (χ0) is 10.4. The van der Waals surface area contributed by atoms with Crippen LogP contribution in [0.1, 0.15) is 19.3 Å². The van der Waals surface area contributed by atoms with Crippen LogP contribution in [-0.4, -0.2) is 44.3 Å². The molecule has 0 spiro atoms. The molecule has 0 atom stereocenters. The highest BCUT2D eigenvalue weighted by atomic mass is 32.3. The van der Waals surface area contributed by atoms with Crippen molar-refractivity contribution >= 4 is 16.7 Å². The van der Waals surface area contributed by atoms with E-state index < -0.39 is 16.3 Å². The van der Waals surface area contributed by atoms with E-state index in [0.717, 1.165) is 6.42 Å². The average Bonchev–Trinajstić information content (AvgIpc) is 2.85. The van der Waals surface area contributed by atoms with Gasteiger partial charge in [0, 0.05) is 6.54 Å². The highest BCUT2D eigenvalue weighted by molar-refractivity contribution is 8.22. The number of rotatable bonds is 2. The maximum atomic E-state index is 11.5. The van der Waals surface area contributed by atoms with Crippen LogP contribution in [0.2, 0.25) is 0 Å². The number of esters is 1. The third kappa shape index (κ3) is 1.33. The molecule has 2 N–H and O–H groups in total. The van der Waals surface area contributed by atoms with Crippen LogP contribution >= 0.6 is 10.8 Å². The van der Waals surface area contributed by atoms with Crippen LogP contribution in [0.25, 0.3) is 0 Å². The topological polar surface area (TPSA) is 70.0 Å². The lowest BCUT2D eigenvalue weighted by molar-refractivity contribution is -0.146. The predicted molar refractivity (Wildman–Crippen MR) is 53.0 cm³/mol. The minimum Gasteiger partial charge on any atom is -0.468 e. The molecule has 1 heterocycles. The molecular formula is C8H15NO4S. The van der Waals surface area contributed by atoms with Gasteiger partial charge in [0.15, 0.2) is 0 Å². The average molecular weight is 221 g/mol. The molecule has 2 fully saturated rings. The summed E-state index contributed by atoms with van der Waals surface area (Å²) in [6.45, 7) is 0.581. The molecule has 82 valence electrons. The first-order chi connectivity index (χ1) is 6.53. The number of ether oxygens (including phenoxy) is 1. The van der Waals surface area contributed by atoms with E-state index in [4.69, 9.17) is 4.74 Å². The first-order valence-corrected chi connectivity index (χ1v) is 6.32. The SMILES string of the molecule is COC(=O)C1(N2CCCS2(O)O)CC1. The van der Waals surface area contributed by atoms with E-state index in [1.54, 1.807) is 4.31 Å². The lowest BCUT2D eigenvalue weighted by Crippen LogP contribution is -2.43. The van der Waals surface area contributed by atoms with Crippen LogP contribution in [0.3, 0.4) is 0 Å². The molecule has 0 aromatic rings. The largest absolute Gasteiger partial charge is 0.468 e. The quantitative estimate of drug-likeness (QED) is 0.682. The summed E-state index contributed by atoms with van der Waals surface area (Å²) < 4.78 is 25.7. The molecule has 0 aromatic heterocycles. The monoisotopic (exact) mass is 221 g/mol. The van der Waals surface area contributed by atoms with Gasteiger partial charge in [0.25, 0.3) is 0 Å². The van der Waals surface area contributed by atoms with Crippen LogP contribution in [0.15, 0.2) is 0 Å². The summed E-state index contributed by atoms with van der Waals surface area (Å²) in [5.74, 6) is 0.0468. The minimum atomic E-state index is -2.70. The molecule has 6 heteroatoms. The molecule has 2 rings (SSSR count). The van der Waals surface area contributed by atoms with E-state index >= 15 is 0 Å². The summed E-state index contributed by atoms with van der Waals surface area (Å²) in [7, 11) is -1.37. The van der Waals surface area contributed by atoms with Gasteiger partial charge in [-0.1, -0.05) is 0 Å². The highest BCUT2D eigenvalue weighted by Gasteiger charge is 2.60. The third-order valence-electron chi connectivity index (χ3n) is 2.90. The fraction of sp³-hybridized carbons (Fsp3) is 0.875. The summed E-state index contributed by atoms with van der Waals surface area (Å²) in [5.41, 5.74) is -0.718. The number of methoxy groups -OCH3 is 1. The van der Waals surface area contributed by atoms with Crippen LogP contribution in [0, 0.1) is 0 Å². The van der Waals surface area contributed by atoms with Gasteiger partial charge in [0.2, 0.25) is 0 Å². The second-order valence-electron chi connectivity index (χ2n) is 3.82. The molecule has 1 aliphatic heterocycles. The Morgan fingerprint density at radius 3 is 2.50 bits per heavy atom. The Hall–Kier alpha value is -0.300. The molecule has 0 aromatic carbocycles. The van der Waals surface area contributed by atoms with E-state index in [0.29, 0.717) is 25.1 Å². The molecule has 1 saturated carbocycles. The van der Waals surface area contributed by atoms with Gasteiger partial charge in [-0.25, -0.2) is 4.79 Å². The Morgan fingerprint density at radius 2 is 2.14 bits per heavy atom. The molecule has 0 unspecified atom stereocenters. The van der Waals surface area contributed by atoms with Crippen LogP contribution in [0.5, 0.6) is 0 Å². The number of carbonyl (C=O) groups excluding carboxylic acids is 1. The Balaban J connectivity index is 2.18. The second-order valence-corrected chi connectivity index (χ2v) is 5.93. The van der Waals surface area contributed by atoms with Crippen molar-refractivity contribution in [3.63, 3.8) is 0 Å². The van der Waals surface area contributed by atoms with Crippen molar-refractivity contribution in [3.05, 3.63) is 0 Å². The van der Waals surface area contributed by atoms with E-state index in [9.17, 15) is 13.9 Å². The van der Waals surface area contributed by atoms with Gasteiger partial charge >= 0.3 is 5.97 Å². The van der Waals surface area contributed by atoms with Crippen molar-refractivity contribution in [1.29, 1.82) is 0 Å². The lowest BCUT2D eigenvalue weighted by atomic mass is 10.2. The Labute approximate surface area is 84.5 Å². The zero-order valence-electron chi connectivity index (χ0n) is 8.10. The summed E-state index contributed by atoms with van der Waals surface area (Å²) in [6, 6.07) is 0. The van der Waals surface area contributed by atoms with Gasteiger partial charge in [0.1, 0.15) is 5.54 Å². The number of hydrogen-bond donors (Lipinski definition) is 2. The first-order valence-electron chi connectivity index (χ1n) is 4.65. The van der Waals surface area contributed by atoms with E-state index in [2.05, 4.69) is 0 Å². The molecule has 0 bridgehead atoms. The summed E-state index contributed by atoms with van der Waals surface area (Å²) >= 11 is 0. The van der Waals surface area contributed by atoms with Crippen LogP contribution in [-0.2, 0) is 9.53 Å². The van der Waals surface area contributed by atoms with Gasteiger partial charge in [-0.05, 0) is 19.3 Å². The van der Waals surface area contributed by atoms with Crippen LogP contribution < -0.4 is 0 Å². The molecule has 0 amide bonds. The Morgan fingerprint density at radius 1 is 1.50 bits per heavy atom. The smallest absolute Gasteiger partial charge is 0.327 e. The fourth-order valence-electron chi connectivity index (χ4n) is 2.02. The highest BCUT2D eigenvalue weighted by Crippen LogP contribution is 2.59. The predicted octanol–water partition coefficient (Wildman–Crippen LogP) is 1.06. The second kappa shape index (κ2) is 3.10. The van der Waals surface area contributed by atoms with Gasteiger partial charge in [-0.3, -0.25) is 9.11 Å². The Kier molecular flexibility index (Phi) is 2.26. The summed E-state index contributed by atoms with van der Waals surface area (Å²) in [5, 5.41) is 0. The normalized spacial score (nSPS) is 31.1. The van der Waals surface area contributed by atoms with Crippen LogP contribution in [0.4, 0.5) is 0 Å². The van der Waals surface area contributed by atoms with Gasteiger partial charge in [-0.15, -0.1) is 10.8 Å². The maximum absolute atomic E-state index is 11.5. The minimum absolute atomic E-state index is 0.334. The first kappa shape index (κ1) is 10.2. The van der Waals surface area contributed by atoms with Crippen molar-refractivity contribution in [2.45, 2.75) is 24.8 Å². The molecule has 1 saturated heterocycles. The molecule has 0 radical (unpaired) electrons. The molecule has 1 aliphatic carbocycles. The lowest BCUT2D eigenvalue weighted by Gasteiger charge is -2.40. The number of carbonyl (C=O) groups is 1. The van der Waals surface area contributed by atoms with Crippen molar-refractivity contribution in [2.24, 2.45) is 0 Å². The van der Waals surface area contributed by atoms with E-state index in [1.807, 2.05) is 0 Å². The maximum Gasteiger partial charge on any atom is 0.327 e. The fourth-order valence-corrected chi connectivity index (χ4v) is 3.99. The molecule has 14 heavy (non-hydrogen) atoms. The van der Waals surface area contributed by atoms with Gasteiger partial charge in [-0.2, -0.15) is 4.31 Å². The zero-order valence-corrected chi connectivity index (χ0v) is 8.92. The molecule has 5 nitrogen and oxygen atoms in total.